The van der Waals surface area contributed by atoms with Gasteiger partial charge in [-0.25, -0.2) is 0 Å². The Kier molecular flexibility index (Phi) is 11.2. The number of likely N-dealkylation sites (N-methyl/N-ethyl adjacent to an activating group) is 1. The fraction of sp³-hybridized carbons (Fsp3) is 0.448. The van der Waals surface area contributed by atoms with E-state index in [1.54, 1.807) is 62.7 Å². The molecule has 0 saturated heterocycles. The van der Waals surface area contributed by atoms with E-state index in [4.69, 9.17) is 14.2 Å². The number of nitrogens with zero attached hydrogens (tertiary/aromatic N) is 1. The van der Waals surface area contributed by atoms with E-state index in [-0.39, 0.29) is 62.4 Å². The van der Waals surface area contributed by atoms with Crippen molar-refractivity contribution in [1.29, 1.82) is 0 Å². The Morgan fingerprint density at radius 1 is 1.07 bits per heavy atom. The zero-order valence-electron chi connectivity index (χ0n) is 23.4. The lowest BCUT2D eigenvalue weighted by Crippen LogP contribution is -2.51. The SMILES string of the molecule is COc1ccc(OCCNC(=O)[C@@H]2CCC(=O)N[C@H](C(C)C)C(=O)N(C)CCOc3ccccc3C(=O)N2)cc1. The molecule has 0 saturated carbocycles. The number of para-hydroxylation sites is 1. The van der Waals surface area contributed by atoms with Crippen molar-refractivity contribution >= 4 is 23.6 Å². The van der Waals surface area contributed by atoms with Crippen LogP contribution < -0.4 is 30.2 Å². The van der Waals surface area contributed by atoms with Gasteiger partial charge in [-0.1, -0.05) is 26.0 Å². The molecular weight excluding hydrogens is 516 g/mol. The van der Waals surface area contributed by atoms with Gasteiger partial charge in [-0.3, -0.25) is 19.2 Å². The monoisotopic (exact) mass is 554 g/mol. The topological polar surface area (TPSA) is 135 Å². The van der Waals surface area contributed by atoms with Gasteiger partial charge < -0.3 is 35.1 Å². The van der Waals surface area contributed by atoms with Gasteiger partial charge in [0, 0.05) is 13.5 Å². The van der Waals surface area contributed by atoms with Crippen LogP contribution in [0.2, 0.25) is 0 Å². The summed E-state index contributed by atoms with van der Waals surface area (Å²) >= 11 is 0. The molecule has 1 aliphatic heterocycles. The first-order valence-corrected chi connectivity index (χ1v) is 13.3. The number of nitrogens with one attached hydrogen (secondary N) is 3. The summed E-state index contributed by atoms with van der Waals surface area (Å²) < 4.78 is 16.6. The molecule has 3 N–H and O–H groups in total. The Morgan fingerprint density at radius 3 is 2.48 bits per heavy atom. The molecule has 0 spiro atoms. The fourth-order valence-corrected chi connectivity index (χ4v) is 4.10. The lowest BCUT2D eigenvalue weighted by atomic mass is 10.0. The Hall–Kier alpha value is -4.28. The molecule has 0 bridgehead atoms. The van der Waals surface area contributed by atoms with E-state index in [0.717, 1.165) is 0 Å². The van der Waals surface area contributed by atoms with Crippen molar-refractivity contribution in [3.63, 3.8) is 0 Å². The van der Waals surface area contributed by atoms with Crippen molar-refractivity contribution < 1.29 is 33.4 Å². The lowest BCUT2D eigenvalue weighted by molar-refractivity contribution is -0.137. The molecule has 4 amide bonds. The lowest BCUT2D eigenvalue weighted by Gasteiger charge is -2.27. The standard InChI is InChI=1S/C29H38N4O7/c1-19(2)26-29(37)33(3)16-18-40-24-8-6-5-7-22(24)27(35)31-23(13-14-25(34)32-26)28(36)30-15-17-39-21-11-9-20(38-4)10-12-21/h5-12,19,23,26H,13-18H2,1-4H3,(H,30,36)(H,31,35)(H,32,34)/t23-,26+/m0/s1. The number of methoxy groups -OCH3 is 1. The summed E-state index contributed by atoms with van der Waals surface area (Å²) in [5.41, 5.74) is 0.247. The maximum absolute atomic E-state index is 13.2. The second-order valence-electron chi connectivity index (χ2n) is 9.77. The van der Waals surface area contributed by atoms with Crippen molar-refractivity contribution in [3.05, 3.63) is 54.1 Å². The third kappa shape index (κ3) is 8.62. The number of carbonyl (C=O) groups is 4. The van der Waals surface area contributed by atoms with Crippen molar-refractivity contribution in [2.75, 3.05) is 40.5 Å². The van der Waals surface area contributed by atoms with Gasteiger partial charge in [0.15, 0.2) is 0 Å². The van der Waals surface area contributed by atoms with Crippen LogP contribution in [0.5, 0.6) is 17.2 Å². The zero-order chi connectivity index (χ0) is 29.1. The summed E-state index contributed by atoms with van der Waals surface area (Å²) in [6, 6.07) is 12.0. The van der Waals surface area contributed by atoms with Crippen LogP contribution in [-0.4, -0.2) is 81.1 Å². The summed E-state index contributed by atoms with van der Waals surface area (Å²) in [7, 11) is 3.22. The molecule has 0 aliphatic carbocycles. The van der Waals surface area contributed by atoms with Crippen LogP contribution in [0.25, 0.3) is 0 Å². The molecule has 11 heteroatoms. The molecule has 2 aromatic rings. The van der Waals surface area contributed by atoms with E-state index >= 15 is 0 Å². The normalized spacial score (nSPS) is 18.8. The molecule has 0 aromatic heterocycles. The van der Waals surface area contributed by atoms with Gasteiger partial charge in [-0.05, 0) is 48.7 Å². The van der Waals surface area contributed by atoms with Crippen molar-refractivity contribution in [2.45, 2.75) is 38.8 Å². The number of ether oxygens (including phenoxy) is 3. The first-order chi connectivity index (χ1) is 19.2. The molecule has 0 radical (unpaired) electrons. The number of amides is 4. The van der Waals surface area contributed by atoms with Crippen LogP contribution in [0.4, 0.5) is 0 Å². The Labute approximate surface area is 234 Å². The Balaban J connectivity index is 1.72. The van der Waals surface area contributed by atoms with Crippen LogP contribution in [0.15, 0.2) is 48.5 Å². The Morgan fingerprint density at radius 2 is 1.77 bits per heavy atom. The molecule has 2 aromatic carbocycles. The van der Waals surface area contributed by atoms with Gasteiger partial charge in [0.05, 0.1) is 25.8 Å². The average molecular weight is 555 g/mol. The number of hydrogen-bond acceptors (Lipinski definition) is 7. The highest BCUT2D eigenvalue weighted by Gasteiger charge is 2.29. The molecule has 3 rings (SSSR count). The van der Waals surface area contributed by atoms with Crippen molar-refractivity contribution in [3.8, 4) is 17.2 Å². The Bertz CT molecular complexity index is 1170. The number of fused-ring (bicyclic) bond motifs is 1. The summed E-state index contributed by atoms with van der Waals surface area (Å²) in [5, 5.41) is 8.29. The van der Waals surface area contributed by atoms with E-state index in [0.29, 0.717) is 17.2 Å². The van der Waals surface area contributed by atoms with Crippen LogP contribution in [0.3, 0.4) is 0 Å². The van der Waals surface area contributed by atoms with Gasteiger partial charge in [0.1, 0.15) is 42.5 Å². The van der Waals surface area contributed by atoms with Gasteiger partial charge >= 0.3 is 0 Å². The van der Waals surface area contributed by atoms with Crippen LogP contribution in [0, 0.1) is 5.92 Å². The summed E-state index contributed by atoms with van der Waals surface area (Å²) in [6.45, 7) is 4.48. The highest BCUT2D eigenvalue weighted by Crippen LogP contribution is 2.19. The first-order valence-electron chi connectivity index (χ1n) is 13.3. The van der Waals surface area contributed by atoms with Gasteiger partial charge in [-0.2, -0.15) is 0 Å². The minimum absolute atomic E-state index is 0.0284. The summed E-state index contributed by atoms with van der Waals surface area (Å²) in [4.78, 5) is 53.6. The second-order valence-corrected chi connectivity index (χ2v) is 9.77. The van der Waals surface area contributed by atoms with Crippen LogP contribution in [-0.2, 0) is 14.4 Å². The molecule has 0 unspecified atom stereocenters. The fourth-order valence-electron chi connectivity index (χ4n) is 4.10. The third-order valence-electron chi connectivity index (χ3n) is 6.45. The molecule has 11 nitrogen and oxygen atoms in total. The van der Waals surface area contributed by atoms with E-state index in [1.807, 2.05) is 13.8 Å². The largest absolute Gasteiger partial charge is 0.497 e. The maximum atomic E-state index is 13.2. The molecule has 2 atom stereocenters. The zero-order valence-corrected chi connectivity index (χ0v) is 23.4. The van der Waals surface area contributed by atoms with Crippen LogP contribution in [0.1, 0.15) is 37.0 Å². The van der Waals surface area contributed by atoms with Crippen molar-refractivity contribution in [1.82, 2.24) is 20.9 Å². The molecule has 40 heavy (non-hydrogen) atoms. The minimum Gasteiger partial charge on any atom is -0.497 e. The number of benzene rings is 2. The molecule has 1 aliphatic rings. The van der Waals surface area contributed by atoms with E-state index in [9.17, 15) is 19.2 Å². The molecule has 216 valence electrons. The van der Waals surface area contributed by atoms with E-state index in [1.165, 1.54) is 4.90 Å². The average Bonchev–Trinajstić information content (AvgIpc) is 2.95. The smallest absolute Gasteiger partial charge is 0.255 e. The van der Waals surface area contributed by atoms with Gasteiger partial charge in [0.25, 0.3) is 5.91 Å². The maximum Gasteiger partial charge on any atom is 0.255 e. The number of hydrogen-bond donors (Lipinski definition) is 3. The molecule has 0 fully saturated rings. The number of carbonyl (C=O) groups excluding carboxylic acids is 4. The van der Waals surface area contributed by atoms with Gasteiger partial charge in [-0.15, -0.1) is 0 Å². The van der Waals surface area contributed by atoms with E-state index in [2.05, 4.69) is 16.0 Å². The summed E-state index contributed by atoms with van der Waals surface area (Å²) in [5.74, 6) is -0.0998. The molecular formula is C29H38N4O7. The van der Waals surface area contributed by atoms with Gasteiger partial charge in [0.2, 0.25) is 17.7 Å². The highest BCUT2D eigenvalue weighted by atomic mass is 16.5. The quantitative estimate of drug-likeness (QED) is 0.444. The van der Waals surface area contributed by atoms with Crippen LogP contribution >= 0.6 is 0 Å². The summed E-state index contributed by atoms with van der Waals surface area (Å²) in [6.07, 6.45) is -0.0420. The predicted molar refractivity (Wildman–Crippen MR) is 148 cm³/mol. The second kappa shape index (κ2) is 14.8. The molecule has 1 heterocycles. The third-order valence-corrected chi connectivity index (χ3v) is 6.45. The van der Waals surface area contributed by atoms with Crippen molar-refractivity contribution in [2.24, 2.45) is 5.92 Å². The number of rotatable bonds is 7. The highest BCUT2D eigenvalue weighted by molar-refractivity contribution is 5.99. The first kappa shape index (κ1) is 30.3. The minimum atomic E-state index is -1.01. The van der Waals surface area contributed by atoms with E-state index < -0.39 is 23.9 Å². The predicted octanol–water partition coefficient (Wildman–Crippen LogP) is 1.76.